The minimum absolute atomic E-state index is 0.107. The molecule has 6 rings (SSSR count). The van der Waals surface area contributed by atoms with E-state index >= 15 is 0 Å². The van der Waals surface area contributed by atoms with E-state index in [2.05, 4.69) is 12.2 Å². The number of esters is 1. The highest BCUT2D eigenvalue weighted by molar-refractivity contribution is 7.98. The second-order valence-electron chi connectivity index (χ2n) is 9.83. The molecule has 2 bridgehead atoms. The summed E-state index contributed by atoms with van der Waals surface area (Å²) in [6.45, 7) is 3.48. The number of amides is 2. The number of Topliss-reactive ketones (excluding diaryl/α,β-unsaturated/α-hetero) is 1. The van der Waals surface area contributed by atoms with Gasteiger partial charge in [0, 0.05) is 5.56 Å². The van der Waals surface area contributed by atoms with E-state index in [4.69, 9.17) is 4.74 Å². The van der Waals surface area contributed by atoms with Gasteiger partial charge in [-0.3, -0.25) is 19.3 Å². The highest BCUT2D eigenvalue weighted by Crippen LogP contribution is 2.65. The largest absolute Gasteiger partial charge is 0.456 e. The number of hydrogen-bond acceptors (Lipinski definition) is 6. The molecule has 0 aromatic heterocycles. The Morgan fingerprint density at radius 3 is 2.27 bits per heavy atom. The molecule has 0 unspecified atom stereocenters. The first-order chi connectivity index (χ1) is 15.8. The van der Waals surface area contributed by atoms with Crippen molar-refractivity contribution in [1.82, 2.24) is 4.90 Å². The van der Waals surface area contributed by atoms with E-state index < -0.39 is 18.6 Å². The monoisotopic (exact) mass is 467 g/mol. The molecule has 5 aliphatic rings. The van der Waals surface area contributed by atoms with Gasteiger partial charge in [0.25, 0.3) is 0 Å². The Bertz CT molecular complexity index is 1030. The molecule has 0 radical (unpaired) electrons. The third-order valence-corrected chi connectivity index (χ3v) is 8.69. The first-order valence-corrected chi connectivity index (χ1v) is 13.0. The van der Waals surface area contributed by atoms with Gasteiger partial charge in [0.15, 0.2) is 12.4 Å². The Hall–Kier alpha value is -2.41. The summed E-state index contributed by atoms with van der Waals surface area (Å²) in [5.74, 6) is -0.321. The van der Waals surface area contributed by atoms with Gasteiger partial charge >= 0.3 is 5.97 Å². The van der Waals surface area contributed by atoms with Gasteiger partial charge in [0.1, 0.15) is 6.04 Å². The lowest BCUT2D eigenvalue weighted by Crippen LogP contribution is -2.47. The van der Waals surface area contributed by atoms with Gasteiger partial charge in [-0.2, -0.15) is 11.8 Å². The normalized spacial score (nSPS) is 31.9. The molecule has 6 nitrogen and oxygen atoms in total. The summed E-state index contributed by atoms with van der Waals surface area (Å²) in [7, 11) is 0. The maximum atomic E-state index is 13.4. The van der Waals surface area contributed by atoms with E-state index in [1.54, 1.807) is 23.9 Å². The fourth-order valence-electron chi connectivity index (χ4n) is 6.10. The van der Waals surface area contributed by atoms with E-state index in [0.29, 0.717) is 29.6 Å². The number of hydrogen-bond donors (Lipinski definition) is 0. The fourth-order valence-corrected chi connectivity index (χ4v) is 6.56. The van der Waals surface area contributed by atoms with Gasteiger partial charge in [0.2, 0.25) is 11.8 Å². The third kappa shape index (κ3) is 3.65. The van der Waals surface area contributed by atoms with Gasteiger partial charge in [-0.05, 0) is 79.6 Å². The number of ketones is 1. The average Bonchev–Trinajstić information content (AvgIpc) is 3.59. The van der Waals surface area contributed by atoms with Crippen molar-refractivity contribution in [2.45, 2.75) is 32.7 Å². The van der Waals surface area contributed by atoms with Crippen LogP contribution in [0.4, 0.5) is 0 Å². The van der Waals surface area contributed by atoms with Crippen LogP contribution in [0.25, 0.3) is 0 Å². The van der Waals surface area contributed by atoms with Gasteiger partial charge in [-0.25, -0.2) is 4.79 Å². The second-order valence-corrected chi connectivity index (χ2v) is 10.8. The maximum absolute atomic E-state index is 13.4. The van der Waals surface area contributed by atoms with Crippen LogP contribution in [0.15, 0.2) is 30.4 Å². The predicted octanol–water partition coefficient (Wildman–Crippen LogP) is 3.20. The lowest BCUT2D eigenvalue weighted by Gasteiger charge is -2.37. The van der Waals surface area contributed by atoms with Gasteiger partial charge in [-0.1, -0.05) is 24.3 Å². The molecule has 4 aliphatic carbocycles. The predicted molar refractivity (Wildman–Crippen MR) is 125 cm³/mol. The van der Waals surface area contributed by atoms with E-state index in [0.717, 1.165) is 17.5 Å². The third-order valence-electron chi connectivity index (χ3n) is 8.05. The number of carbonyl (C=O) groups excluding carboxylic acids is 4. The number of rotatable bonds is 8. The number of thioether (sulfide) groups is 1. The summed E-state index contributed by atoms with van der Waals surface area (Å²) in [5.41, 5.74) is 2.55. The van der Waals surface area contributed by atoms with Crippen molar-refractivity contribution in [3.05, 3.63) is 47.0 Å². The van der Waals surface area contributed by atoms with Crippen molar-refractivity contribution in [2.75, 3.05) is 18.6 Å². The molecular formula is C26H29NO5S. The molecule has 1 aliphatic heterocycles. The molecule has 1 aromatic carbocycles. The average molecular weight is 468 g/mol. The number of benzene rings is 1. The number of ether oxygens (including phenoxy) is 1. The summed E-state index contributed by atoms with van der Waals surface area (Å²) < 4.78 is 5.39. The minimum atomic E-state index is -0.980. The Kier molecular flexibility index (Phi) is 5.71. The van der Waals surface area contributed by atoms with Gasteiger partial charge in [-0.15, -0.1) is 0 Å². The Labute approximate surface area is 198 Å². The van der Waals surface area contributed by atoms with Crippen LogP contribution in [0.5, 0.6) is 0 Å². The second kappa shape index (κ2) is 8.42. The number of allylic oxidation sites excluding steroid dienone is 2. The molecular weight excluding hydrogens is 438 g/mol. The van der Waals surface area contributed by atoms with Crippen LogP contribution in [0, 0.1) is 49.4 Å². The first-order valence-electron chi connectivity index (χ1n) is 11.6. The van der Waals surface area contributed by atoms with Crippen molar-refractivity contribution in [3.8, 4) is 0 Å². The highest BCUT2D eigenvalue weighted by Gasteiger charge is 2.68. The summed E-state index contributed by atoms with van der Waals surface area (Å²) >= 11 is 1.54. The summed E-state index contributed by atoms with van der Waals surface area (Å²) in [5, 5.41) is 0. The zero-order valence-corrected chi connectivity index (χ0v) is 20.0. The van der Waals surface area contributed by atoms with E-state index in [9.17, 15) is 19.2 Å². The number of imide groups is 1. The van der Waals surface area contributed by atoms with Crippen molar-refractivity contribution in [1.29, 1.82) is 0 Å². The zero-order chi connectivity index (χ0) is 23.4. The molecule has 7 atom stereocenters. The van der Waals surface area contributed by atoms with Crippen molar-refractivity contribution in [3.63, 3.8) is 0 Å². The first kappa shape index (κ1) is 22.4. The van der Waals surface area contributed by atoms with Crippen LogP contribution < -0.4 is 0 Å². The number of likely N-dealkylation sites (tertiary alicyclic amines) is 1. The van der Waals surface area contributed by atoms with E-state index in [1.807, 2.05) is 26.2 Å². The zero-order valence-electron chi connectivity index (χ0n) is 19.2. The van der Waals surface area contributed by atoms with Crippen LogP contribution in [0.1, 0.15) is 34.3 Å². The van der Waals surface area contributed by atoms with Crippen molar-refractivity contribution in [2.24, 2.45) is 35.5 Å². The van der Waals surface area contributed by atoms with E-state index in [-0.39, 0.29) is 41.3 Å². The molecule has 2 amide bonds. The molecule has 174 valence electrons. The number of nitrogens with zero attached hydrogens (tertiary/aromatic N) is 1. The standard InChI is InChI=1S/C26H29NO5S/c1-13-4-5-15(10-14(13)2)21(28)12-32-26(31)20(8-9-33-3)27-24(29)22-16-6-7-17(19-11-18(16)19)23(22)25(27)30/h4-7,10,16-20,22-23H,8-9,11-12H2,1-3H3/t16-,17-,18-,19-,20+,22+,23+/m0/s1. The molecule has 1 heterocycles. The van der Waals surface area contributed by atoms with E-state index in [1.165, 1.54) is 4.90 Å². The van der Waals surface area contributed by atoms with Crippen LogP contribution >= 0.6 is 11.8 Å². The summed E-state index contributed by atoms with van der Waals surface area (Å²) in [6, 6.07) is 4.38. The van der Waals surface area contributed by atoms with Crippen molar-refractivity contribution >= 4 is 35.3 Å². The molecule has 0 N–H and O–H groups in total. The Morgan fingerprint density at radius 2 is 1.70 bits per heavy atom. The molecule has 0 spiro atoms. The SMILES string of the molecule is CSCC[C@H](C(=O)OCC(=O)c1ccc(C)c(C)c1)N1C(=O)[C@@H]2[C@H]3C=C[C@@H]([C@@H]4C[C@@H]34)[C@H]2C1=O. The summed E-state index contributed by atoms with van der Waals surface area (Å²) in [6.07, 6.45) is 7.56. The molecule has 2 saturated carbocycles. The Morgan fingerprint density at radius 1 is 1.06 bits per heavy atom. The quantitative estimate of drug-likeness (QED) is 0.253. The van der Waals surface area contributed by atoms with Crippen LogP contribution in [-0.2, 0) is 19.1 Å². The molecule has 33 heavy (non-hydrogen) atoms. The Balaban J connectivity index is 1.31. The van der Waals surface area contributed by atoms with Crippen LogP contribution in [0.3, 0.4) is 0 Å². The topological polar surface area (TPSA) is 80.8 Å². The fraction of sp³-hybridized carbons (Fsp3) is 0.538. The lowest BCUT2D eigenvalue weighted by molar-refractivity contribution is -0.158. The number of carbonyl (C=O) groups is 4. The molecule has 1 aromatic rings. The highest BCUT2D eigenvalue weighted by atomic mass is 32.2. The smallest absolute Gasteiger partial charge is 0.329 e. The molecule has 1 saturated heterocycles. The summed E-state index contributed by atoms with van der Waals surface area (Å²) in [4.78, 5) is 53.7. The van der Waals surface area contributed by atoms with Crippen LogP contribution in [0.2, 0.25) is 0 Å². The maximum Gasteiger partial charge on any atom is 0.329 e. The molecule has 3 fully saturated rings. The number of aryl methyl sites for hydroxylation is 2. The van der Waals surface area contributed by atoms with Gasteiger partial charge in [0.05, 0.1) is 11.8 Å². The van der Waals surface area contributed by atoms with Crippen molar-refractivity contribution < 1.29 is 23.9 Å². The minimum Gasteiger partial charge on any atom is -0.456 e. The van der Waals surface area contributed by atoms with Gasteiger partial charge < -0.3 is 4.74 Å². The lowest BCUT2D eigenvalue weighted by atomic mass is 9.63. The molecule has 7 heteroatoms. The van der Waals surface area contributed by atoms with Crippen LogP contribution in [-0.4, -0.2) is 53.1 Å².